The van der Waals surface area contributed by atoms with Gasteiger partial charge < -0.3 is 4.74 Å². The van der Waals surface area contributed by atoms with E-state index < -0.39 is 5.60 Å². The zero-order valence-corrected chi connectivity index (χ0v) is 15.1. The molecular weight excluding hydrogens is 308 g/mol. The number of fused-ring (bicyclic) bond motifs is 5. The molecule has 2 heteroatoms. The molecule has 0 saturated heterocycles. The van der Waals surface area contributed by atoms with Crippen LogP contribution in [0.3, 0.4) is 0 Å². The Kier molecular flexibility index (Phi) is 3.79. The summed E-state index contributed by atoms with van der Waals surface area (Å²) in [6.45, 7) is 5.76. The minimum Gasteiger partial charge on any atom is -0.459 e. The highest BCUT2D eigenvalue weighted by Gasteiger charge is 2.29. The minimum absolute atomic E-state index is 0.119. The van der Waals surface area contributed by atoms with Gasteiger partial charge in [-0.25, -0.2) is 0 Å². The second-order valence-corrected chi connectivity index (χ2v) is 7.86. The molecule has 25 heavy (non-hydrogen) atoms. The van der Waals surface area contributed by atoms with E-state index in [4.69, 9.17) is 4.74 Å². The third-order valence-electron chi connectivity index (χ3n) is 4.91. The van der Waals surface area contributed by atoms with E-state index in [0.29, 0.717) is 0 Å². The molecule has 0 spiro atoms. The molecule has 2 aliphatic carbocycles. The van der Waals surface area contributed by atoms with Crippen LogP contribution >= 0.6 is 0 Å². The Hall–Kier alpha value is -2.35. The molecule has 1 radical (unpaired) electrons. The molecule has 2 aromatic carbocycles. The van der Waals surface area contributed by atoms with E-state index in [0.717, 1.165) is 30.0 Å². The van der Waals surface area contributed by atoms with Gasteiger partial charge in [-0.15, -0.1) is 0 Å². The van der Waals surface area contributed by atoms with Crippen LogP contribution in [-0.2, 0) is 16.0 Å². The Morgan fingerprint density at radius 1 is 1.12 bits per heavy atom. The summed E-state index contributed by atoms with van der Waals surface area (Å²) in [5.74, 6) is -0.308. The molecule has 0 bridgehead atoms. The van der Waals surface area contributed by atoms with Crippen LogP contribution in [0.5, 0.6) is 0 Å². The minimum atomic E-state index is -0.457. The van der Waals surface area contributed by atoms with Gasteiger partial charge in [0.15, 0.2) is 0 Å². The van der Waals surface area contributed by atoms with Crippen molar-refractivity contribution in [2.45, 2.75) is 51.6 Å². The molecule has 1 unspecified atom stereocenters. The van der Waals surface area contributed by atoms with Crippen molar-refractivity contribution in [2.24, 2.45) is 0 Å². The number of carbonyl (C=O) groups excluding carboxylic acids is 1. The quantitative estimate of drug-likeness (QED) is 0.747. The van der Waals surface area contributed by atoms with Gasteiger partial charge >= 0.3 is 5.97 Å². The number of carbonyl (C=O) groups is 1. The van der Waals surface area contributed by atoms with Gasteiger partial charge in [-0.2, -0.15) is 0 Å². The summed E-state index contributed by atoms with van der Waals surface area (Å²) in [5.41, 5.74) is 4.51. The third kappa shape index (κ3) is 2.90. The SMILES string of the molecule is CC(C)(C)OC(=O)C1CC[C]=c2c1ccc1c2=CCc2ccccc2-1. The second kappa shape index (κ2) is 5.87. The number of esters is 1. The van der Waals surface area contributed by atoms with E-state index in [9.17, 15) is 4.79 Å². The molecule has 2 nitrogen and oxygen atoms in total. The van der Waals surface area contributed by atoms with Gasteiger partial charge in [0.1, 0.15) is 5.60 Å². The maximum atomic E-state index is 12.7. The maximum Gasteiger partial charge on any atom is 0.313 e. The van der Waals surface area contributed by atoms with Crippen molar-refractivity contribution in [1.82, 2.24) is 0 Å². The van der Waals surface area contributed by atoms with Crippen molar-refractivity contribution < 1.29 is 9.53 Å². The van der Waals surface area contributed by atoms with Crippen molar-refractivity contribution in [3.63, 3.8) is 0 Å². The number of benzene rings is 2. The predicted molar refractivity (Wildman–Crippen MR) is 101 cm³/mol. The Morgan fingerprint density at radius 3 is 2.72 bits per heavy atom. The van der Waals surface area contributed by atoms with Crippen LogP contribution in [0.4, 0.5) is 0 Å². The lowest BCUT2D eigenvalue weighted by Gasteiger charge is -2.26. The average Bonchev–Trinajstić information content (AvgIpc) is 2.59. The zero-order valence-electron chi connectivity index (χ0n) is 15.1. The van der Waals surface area contributed by atoms with Gasteiger partial charge in [-0.05, 0) is 78.8 Å². The molecule has 0 heterocycles. The van der Waals surface area contributed by atoms with Crippen molar-refractivity contribution in [2.75, 3.05) is 0 Å². The molecule has 0 aromatic heterocycles. The molecule has 0 aliphatic heterocycles. The summed E-state index contributed by atoms with van der Waals surface area (Å²) in [7, 11) is 0. The van der Waals surface area contributed by atoms with E-state index in [1.165, 1.54) is 21.9 Å². The lowest BCUT2D eigenvalue weighted by molar-refractivity contribution is -0.157. The van der Waals surface area contributed by atoms with Crippen molar-refractivity contribution in [1.29, 1.82) is 0 Å². The van der Waals surface area contributed by atoms with Crippen molar-refractivity contribution in [3.8, 4) is 11.1 Å². The molecule has 0 N–H and O–H groups in total. The van der Waals surface area contributed by atoms with Crippen molar-refractivity contribution >= 4 is 18.1 Å². The fourth-order valence-corrected chi connectivity index (χ4v) is 3.86. The molecule has 1 atom stereocenters. The fourth-order valence-electron chi connectivity index (χ4n) is 3.86. The third-order valence-corrected chi connectivity index (χ3v) is 4.91. The lowest BCUT2D eigenvalue weighted by Crippen LogP contribution is -2.38. The Labute approximate surface area is 148 Å². The fraction of sp³-hybridized carbons (Fsp3) is 0.348. The first-order valence-corrected chi connectivity index (χ1v) is 8.99. The average molecular weight is 331 g/mol. The maximum absolute atomic E-state index is 12.7. The Balaban J connectivity index is 1.82. The summed E-state index contributed by atoms with van der Waals surface area (Å²) < 4.78 is 5.66. The summed E-state index contributed by atoms with van der Waals surface area (Å²) in [6, 6.07) is 12.8. The van der Waals surface area contributed by atoms with Gasteiger partial charge in [0.25, 0.3) is 0 Å². The van der Waals surface area contributed by atoms with Gasteiger partial charge in [0, 0.05) is 0 Å². The monoisotopic (exact) mass is 331 g/mol. The summed E-state index contributed by atoms with van der Waals surface area (Å²) in [5, 5.41) is 2.33. The first-order valence-electron chi connectivity index (χ1n) is 8.99. The van der Waals surface area contributed by atoms with Crippen molar-refractivity contribution in [3.05, 3.63) is 58.0 Å². The smallest absolute Gasteiger partial charge is 0.313 e. The van der Waals surface area contributed by atoms with E-state index in [1.807, 2.05) is 20.8 Å². The summed E-state index contributed by atoms with van der Waals surface area (Å²) >= 11 is 0. The van der Waals surface area contributed by atoms with E-state index >= 15 is 0 Å². The van der Waals surface area contributed by atoms with E-state index in [1.54, 1.807) is 0 Å². The molecule has 0 saturated carbocycles. The molecular formula is C23H23O2. The second-order valence-electron chi connectivity index (χ2n) is 7.86. The molecule has 0 amide bonds. The highest BCUT2D eigenvalue weighted by atomic mass is 16.6. The molecule has 127 valence electrons. The molecule has 4 rings (SSSR count). The summed E-state index contributed by atoms with van der Waals surface area (Å²) in [4.78, 5) is 12.7. The number of hydrogen-bond donors (Lipinski definition) is 0. The number of ether oxygens (including phenoxy) is 1. The van der Waals surface area contributed by atoms with Crippen LogP contribution in [0.25, 0.3) is 23.3 Å². The standard InChI is InChI=1S/C23H23O2/c1-23(2,3)25-22(24)21-10-6-9-17-19-12-11-15-7-4-5-8-16(15)18(19)13-14-20(17)21/h4-5,7-8,12-14,21H,6,10-11H2,1-3H3. The highest BCUT2D eigenvalue weighted by molar-refractivity contribution is 5.81. The Bertz CT molecular complexity index is 961. The van der Waals surface area contributed by atoms with Gasteiger partial charge in [-0.3, -0.25) is 4.79 Å². The zero-order chi connectivity index (χ0) is 17.6. The van der Waals surface area contributed by atoms with Crippen LogP contribution in [0.2, 0.25) is 0 Å². The predicted octanol–water partition coefficient (Wildman–Crippen LogP) is 3.57. The van der Waals surface area contributed by atoms with Crippen LogP contribution in [0.15, 0.2) is 36.4 Å². The van der Waals surface area contributed by atoms with Crippen LogP contribution < -0.4 is 10.4 Å². The lowest BCUT2D eigenvalue weighted by atomic mass is 9.82. The first kappa shape index (κ1) is 16.1. The van der Waals surface area contributed by atoms with Crippen LogP contribution in [-0.4, -0.2) is 11.6 Å². The summed E-state index contributed by atoms with van der Waals surface area (Å²) in [6.07, 6.45) is 8.31. The number of hydrogen-bond acceptors (Lipinski definition) is 2. The van der Waals surface area contributed by atoms with Gasteiger partial charge in [0.05, 0.1) is 5.92 Å². The van der Waals surface area contributed by atoms with E-state index in [2.05, 4.69) is 48.6 Å². The van der Waals surface area contributed by atoms with E-state index in [-0.39, 0.29) is 11.9 Å². The largest absolute Gasteiger partial charge is 0.459 e. The first-order chi connectivity index (χ1) is 11.9. The molecule has 0 fully saturated rings. The number of rotatable bonds is 1. The normalized spacial score (nSPS) is 18.1. The molecule has 2 aliphatic rings. The van der Waals surface area contributed by atoms with Crippen LogP contribution in [0, 0.1) is 0 Å². The highest BCUT2D eigenvalue weighted by Crippen LogP contribution is 2.29. The van der Waals surface area contributed by atoms with Crippen LogP contribution in [0.1, 0.15) is 50.7 Å². The van der Waals surface area contributed by atoms with Gasteiger partial charge in [-0.1, -0.05) is 42.5 Å². The Morgan fingerprint density at radius 2 is 1.92 bits per heavy atom. The molecule has 2 aromatic rings. The topological polar surface area (TPSA) is 26.3 Å². The van der Waals surface area contributed by atoms with Gasteiger partial charge in [0.2, 0.25) is 0 Å².